The van der Waals surface area contributed by atoms with Gasteiger partial charge in [-0.25, -0.2) is 4.98 Å². The van der Waals surface area contributed by atoms with Crippen LogP contribution in [0.15, 0.2) is 24.3 Å². The molecule has 2 aromatic rings. The Kier molecular flexibility index (Phi) is 3.65. The lowest BCUT2D eigenvalue weighted by Crippen LogP contribution is -2.18. The summed E-state index contributed by atoms with van der Waals surface area (Å²) in [6.07, 6.45) is 7.15. The molecule has 110 valence electrons. The van der Waals surface area contributed by atoms with Crippen molar-refractivity contribution >= 4 is 28.2 Å². The lowest BCUT2D eigenvalue weighted by Gasteiger charge is -2.01. The van der Waals surface area contributed by atoms with Crippen molar-refractivity contribution in [1.29, 1.82) is 0 Å². The molecule has 1 aromatic heterocycles. The highest BCUT2D eigenvalue weighted by Gasteiger charge is 2.31. The number of hydrogen-bond donors (Lipinski definition) is 2. The van der Waals surface area contributed by atoms with E-state index in [1.807, 2.05) is 18.2 Å². The van der Waals surface area contributed by atoms with Crippen LogP contribution in [0.1, 0.15) is 28.9 Å². The van der Waals surface area contributed by atoms with Crippen molar-refractivity contribution in [1.82, 2.24) is 4.98 Å². The van der Waals surface area contributed by atoms with Gasteiger partial charge in [0.25, 0.3) is 5.91 Å². The number of rotatable bonds is 4. The number of benzene rings is 1. The quantitative estimate of drug-likeness (QED) is 0.849. The topological polar surface area (TPSA) is 85.1 Å². The van der Waals surface area contributed by atoms with Gasteiger partial charge in [0.15, 0.2) is 5.69 Å². The number of nitrogens with zero attached hydrogens (tertiary/aromatic N) is 1. The molecule has 6 heteroatoms. The molecule has 1 aliphatic carbocycles. The van der Waals surface area contributed by atoms with Gasteiger partial charge < -0.3 is 11.1 Å². The van der Waals surface area contributed by atoms with Crippen molar-refractivity contribution in [3.63, 3.8) is 0 Å². The molecule has 0 saturated heterocycles. The second-order valence-electron chi connectivity index (χ2n) is 5.05. The minimum Gasteiger partial charge on any atom is -0.364 e. The van der Waals surface area contributed by atoms with E-state index in [1.54, 1.807) is 6.07 Å². The monoisotopic (exact) mass is 311 g/mol. The maximum Gasteiger partial charge on any atom is 0.270 e. The van der Waals surface area contributed by atoms with Gasteiger partial charge >= 0.3 is 0 Å². The smallest absolute Gasteiger partial charge is 0.270 e. The average molecular weight is 311 g/mol. The number of thiazole rings is 1. The van der Waals surface area contributed by atoms with E-state index in [9.17, 15) is 9.59 Å². The molecular weight excluding hydrogens is 298 g/mol. The Hall–Kier alpha value is -2.65. The van der Waals surface area contributed by atoms with Gasteiger partial charge in [-0.15, -0.1) is 6.42 Å². The number of carbonyl (C=O) groups excluding carboxylic acids is 2. The molecule has 0 radical (unpaired) electrons. The first-order chi connectivity index (χ1) is 10.6. The van der Waals surface area contributed by atoms with E-state index in [4.69, 9.17) is 12.2 Å². The normalized spacial score (nSPS) is 13.4. The number of nitrogens with one attached hydrogen (secondary N) is 1. The SMILES string of the molecule is C#Cc1cccc(-c2nc(C(N)=O)c(NC(=O)C3CC3)s2)c1. The van der Waals surface area contributed by atoms with Gasteiger partial charge in [-0.3, -0.25) is 9.59 Å². The van der Waals surface area contributed by atoms with E-state index in [-0.39, 0.29) is 17.5 Å². The molecule has 1 fully saturated rings. The summed E-state index contributed by atoms with van der Waals surface area (Å²) in [5, 5.41) is 3.74. The molecule has 0 spiro atoms. The summed E-state index contributed by atoms with van der Waals surface area (Å²) >= 11 is 1.22. The van der Waals surface area contributed by atoms with Gasteiger partial charge in [0.1, 0.15) is 10.0 Å². The summed E-state index contributed by atoms with van der Waals surface area (Å²) in [7, 11) is 0. The molecule has 0 bridgehead atoms. The van der Waals surface area contributed by atoms with Crippen LogP contribution in [-0.2, 0) is 4.79 Å². The Morgan fingerprint density at radius 1 is 1.41 bits per heavy atom. The van der Waals surface area contributed by atoms with Crippen molar-refractivity contribution in [3.8, 4) is 22.9 Å². The van der Waals surface area contributed by atoms with E-state index in [0.717, 1.165) is 24.0 Å². The lowest BCUT2D eigenvalue weighted by atomic mass is 10.1. The molecule has 0 unspecified atom stereocenters. The van der Waals surface area contributed by atoms with E-state index in [0.29, 0.717) is 10.0 Å². The van der Waals surface area contributed by atoms with Crippen LogP contribution in [0.2, 0.25) is 0 Å². The third-order valence-electron chi connectivity index (χ3n) is 3.32. The summed E-state index contributed by atoms with van der Waals surface area (Å²) < 4.78 is 0. The Morgan fingerprint density at radius 2 is 2.18 bits per heavy atom. The Bertz CT molecular complexity index is 800. The van der Waals surface area contributed by atoms with Crippen LogP contribution in [0.3, 0.4) is 0 Å². The average Bonchev–Trinajstić information content (AvgIpc) is 3.28. The number of hydrogen-bond acceptors (Lipinski definition) is 4. The Morgan fingerprint density at radius 3 is 2.82 bits per heavy atom. The van der Waals surface area contributed by atoms with Gasteiger partial charge in [0.05, 0.1) is 0 Å². The zero-order chi connectivity index (χ0) is 15.7. The lowest BCUT2D eigenvalue weighted by molar-refractivity contribution is -0.117. The van der Waals surface area contributed by atoms with Gasteiger partial charge in [0.2, 0.25) is 5.91 Å². The van der Waals surface area contributed by atoms with Crippen LogP contribution in [0.5, 0.6) is 0 Å². The number of nitrogens with two attached hydrogens (primary N) is 1. The van der Waals surface area contributed by atoms with Crippen LogP contribution >= 0.6 is 11.3 Å². The molecular formula is C16H13N3O2S. The minimum atomic E-state index is -0.665. The molecule has 1 saturated carbocycles. The molecule has 2 amide bonds. The van der Waals surface area contributed by atoms with Crippen molar-refractivity contribution in [2.75, 3.05) is 5.32 Å². The fraction of sp³-hybridized carbons (Fsp3) is 0.188. The number of carbonyl (C=O) groups is 2. The number of primary amides is 1. The third-order valence-corrected chi connectivity index (χ3v) is 4.34. The number of amides is 2. The molecule has 1 heterocycles. The summed E-state index contributed by atoms with van der Waals surface area (Å²) in [6.45, 7) is 0. The predicted molar refractivity (Wildman–Crippen MR) is 85.4 cm³/mol. The largest absolute Gasteiger partial charge is 0.364 e. The fourth-order valence-electron chi connectivity index (χ4n) is 2.00. The minimum absolute atomic E-state index is 0.0380. The number of anilines is 1. The van der Waals surface area contributed by atoms with Gasteiger partial charge in [-0.2, -0.15) is 0 Å². The highest BCUT2D eigenvalue weighted by Crippen LogP contribution is 2.35. The van der Waals surface area contributed by atoms with Gasteiger partial charge in [-0.1, -0.05) is 29.4 Å². The van der Waals surface area contributed by atoms with Crippen LogP contribution < -0.4 is 11.1 Å². The van der Waals surface area contributed by atoms with Crippen molar-refractivity contribution in [3.05, 3.63) is 35.5 Å². The summed E-state index contributed by atoms with van der Waals surface area (Å²) in [5.74, 6) is 1.84. The predicted octanol–water partition coefficient (Wildman–Crippen LogP) is 2.24. The Labute approximate surface area is 131 Å². The standard InChI is InChI=1S/C16H13N3O2S/c1-2-9-4-3-5-11(8-9)15-18-12(13(17)20)16(22-15)19-14(21)10-6-7-10/h1,3-5,8,10H,6-7H2,(H2,17,20)(H,19,21). The zero-order valence-electron chi connectivity index (χ0n) is 11.6. The molecule has 1 aromatic carbocycles. The third kappa shape index (κ3) is 2.85. The first kappa shape index (κ1) is 14.3. The fourth-order valence-corrected chi connectivity index (χ4v) is 2.97. The second-order valence-corrected chi connectivity index (χ2v) is 6.05. The molecule has 0 aliphatic heterocycles. The Balaban J connectivity index is 1.96. The first-order valence-electron chi connectivity index (χ1n) is 6.77. The maximum atomic E-state index is 11.9. The van der Waals surface area contributed by atoms with E-state index in [2.05, 4.69) is 16.2 Å². The van der Waals surface area contributed by atoms with Crippen LogP contribution in [-0.4, -0.2) is 16.8 Å². The zero-order valence-corrected chi connectivity index (χ0v) is 12.4. The van der Waals surface area contributed by atoms with E-state index in [1.165, 1.54) is 11.3 Å². The van der Waals surface area contributed by atoms with E-state index >= 15 is 0 Å². The summed E-state index contributed by atoms with van der Waals surface area (Å²) in [4.78, 5) is 27.7. The highest BCUT2D eigenvalue weighted by atomic mass is 32.1. The first-order valence-corrected chi connectivity index (χ1v) is 7.58. The van der Waals surface area contributed by atoms with Crippen molar-refractivity contribution < 1.29 is 9.59 Å². The molecule has 3 N–H and O–H groups in total. The molecule has 22 heavy (non-hydrogen) atoms. The van der Waals surface area contributed by atoms with E-state index < -0.39 is 5.91 Å². The number of aromatic nitrogens is 1. The van der Waals surface area contributed by atoms with Crippen molar-refractivity contribution in [2.24, 2.45) is 11.7 Å². The summed E-state index contributed by atoms with van der Waals surface area (Å²) in [5.41, 5.74) is 6.94. The molecule has 3 rings (SSSR count). The second kappa shape index (κ2) is 5.62. The maximum absolute atomic E-state index is 11.9. The van der Waals surface area contributed by atoms with Crippen molar-refractivity contribution in [2.45, 2.75) is 12.8 Å². The molecule has 5 nitrogen and oxygen atoms in total. The van der Waals surface area contributed by atoms with Crippen LogP contribution in [0, 0.1) is 18.3 Å². The van der Waals surface area contributed by atoms with Gasteiger partial charge in [-0.05, 0) is 25.0 Å². The number of terminal acetylenes is 1. The van der Waals surface area contributed by atoms with Crippen LogP contribution in [0.25, 0.3) is 10.6 Å². The van der Waals surface area contributed by atoms with Gasteiger partial charge in [0, 0.05) is 17.0 Å². The molecule has 0 atom stereocenters. The highest BCUT2D eigenvalue weighted by molar-refractivity contribution is 7.19. The summed E-state index contributed by atoms with van der Waals surface area (Å²) in [6, 6.07) is 7.27. The molecule has 1 aliphatic rings. The van der Waals surface area contributed by atoms with Crippen LogP contribution in [0.4, 0.5) is 5.00 Å².